The fourth-order valence-corrected chi connectivity index (χ4v) is 7.91. The third-order valence-corrected chi connectivity index (χ3v) is 9.59. The molecule has 9 nitrogen and oxygen atoms in total. The molecule has 5 aliphatic rings. The van der Waals surface area contributed by atoms with Crippen molar-refractivity contribution in [1.29, 1.82) is 0 Å². The van der Waals surface area contributed by atoms with Gasteiger partial charge in [-0.3, -0.25) is 14.2 Å². The van der Waals surface area contributed by atoms with Crippen molar-refractivity contribution in [3.8, 4) is 5.69 Å². The van der Waals surface area contributed by atoms with Crippen molar-refractivity contribution in [2.24, 2.45) is 17.8 Å². The van der Waals surface area contributed by atoms with Gasteiger partial charge in [0.2, 0.25) is 5.43 Å². The van der Waals surface area contributed by atoms with E-state index < -0.39 is 29.1 Å². The Morgan fingerprint density at radius 2 is 1.76 bits per heavy atom. The summed E-state index contributed by atoms with van der Waals surface area (Å²) in [6.07, 6.45) is 6.16. The minimum Gasteiger partial charge on any atom is -0.453 e. The molecule has 214 valence electrons. The Balaban J connectivity index is 1.28. The number of fused-ring (bicyclic) bond motifs is 1. The molecule has 1 aromatic carbocycles. The zero-order chi connectivity index (χ0) is 28.5. The first kappa shape index (κ1) is 25.9. The SMILES string of the molecule is COC(=O)N1CCN(c2ccc3c(=O)c(C(=O)NC45CC6CC(C4)C(C6)C5)cn(-c4ccc(F)cc4F)c3n2)CC1. The van der Waals surface area contributed by atoms with Crippen LogP contribution in [0.4, 0.5) is 19.4 Å². The van der Waals surface area contributed by atoms with Gasteiger partial charge in [-0.2, -0.15) is 0 Å². The number of nitrogens with zero attached hydrogens (tertiary/aromatic N) is 4. The highest BCUT2D eigenvalue weighted by molar-refractivity contribution is 5.98. The normalized spacial score (nSPS) is 26.6. The van der Waals surface area contributed by atoms with E-state index in [1.165, 1.54) is 36.8 Å². The van der Waals surface area contributed by atoms with Gasteiger partial charge in [0, 0.05) is 44.0 Å². The van der Waals surface area contributed by atoms with Crippen LogP contribution in [0.2, 0.25) is 0 Å². The van der Waals surface area contributed by atoms with Crippen LogP contribution in [0.3, 0.4) is 0 Å². The molecule has 1 saturated heterocycles. The number of carbonyl (C=O) groups excluding carboxylic acids is 2. The van der Waals surface area contributed by atoms with Crippen molar-refractivity contribution < 1.29 is 23.1 Å². The number of anilines is 1. The standard InChI is InChI=1S/C30H31F2N5O4/c1-41-29(40)36-8-6-35(7-9-36)25-5-3-21-26(38)22(16-37(27(21)33-25)24-4-2-20(31)12-23(24)32)28(39)34-30-13-17-10-18(14-30)19(11-17)15-30/h2-5,12,16-19H,6-11,13-15H2,1H3,(H,34,39). The minimum atomic E-state index is -0.843. The number of nitrogens with one attached hydrogen (secondary N) is 1. The summed E-state index contributed by atoms with van der Waals surface area (Å²) in [5.74, 6) is 0.361. The Bertz CT molecular complexity index is 1610. The summed E-state index contributed by atoms with van der Waals surface area (Å²) in [5, 5.41) is 3.37. The molecule has 3 aromatic rings. The third kappa shape index (κ3) is 4.33. The van der Waals surface area contributed by atoms with E-state index in [1.807, 2.05) is 4.90 Å². The molecule has 1 N–H and O–H groups in total. The van der Waals surface area contributed by atoms with E-state index in [0.717, 1.165) is 31.4 Å². The van der Waals surface area contributed by atoms with Crippen LogP contribution in [-0.4, -0.2) is 65.3 Å². The second-order valence-corrected chi connectivity index (χ2v) is 12.0. The Morgan fingerprint density at radius 3 is 2.41 bits per heavy atom. The molecule has 0 radical (unpaired) electrons. The lowest BCUT2D eigenvalue weighted by atomic mass is 9.75. The maximum atomic E-state index is 15.1. The first-order valence-corrected chi connectivity index (χ1v) is 14.2. The average Bonchev–Trinajstić information content (AvgIpc) is 3.38. The zero-order valence-electron chi connectivity index (χ0n) is 22.7. The number of amides is 2. The summed E-state index contributed by atoms with van der Waals surface area (Å²) >= 11 is 0. The molecule has 5 fully saturated rings. The van der Waals surface area contributed by atoms with Crippen molar-refractivity contribution in [2.45, 2.75) is 37.6 Å². The van der Waals surface area contributed by atoms with Crippen molar-refractivity contribution >= 4 is 28.9 Å². The van der Waals surface area contributed by atoms with Gasteiger partial charge in [-0.25, -0.2) is 18.6 Å². The van der Waals surface area contributed by atoms with Crippen LogP contribution in [0.15, 0.2) is 41.3 Å². The van der Waals surface area contributed by atoms with Crippen molar-refractivity contribution in [1.82, 2.24) is 19.8 Å². The van der Waals surface area contributed by atoms with Crippen LogP contribution in [-0.2, 0) is 4.74 Å². The molecule has 4 saturated carbocycles. The Labute approximate surface area is 235 Å². The van der Waals surface area contributed by atoms with E-state index in [9.17, 15) is 18.8 Å². The molecular weight excluding hydrogens is 532 g/mol. The largest absolute Gasteiger partial charge is 0.453 e. The molecule has 2 aromatic heterocycles. The molecule has 2 amide bonds. The van der Waals surface area contributed by atoms with Gasteiger partial charge in [0.05, 0.1) is 18.2 Å². The molecule has 2 unspecified atom stereocenters. The van der Waals surface area contributed by atoms with Gasteiger partial charge in [-0.1, -0.05) is 0 Å². The lowest BCUT2D eigenvalue weighted by molar-refractivity contribution is 0.0844. The van der Waals surface area contributed by atoms with Gasteiger partial charge in [0.25, 0.3) is 5.91 Å². The Morgan fingerprint density at radius 1 is 1.02 bits per heavy atom. The predicted molar refractivity (Wildman–Crippen MR) is 147 cm³/mol. The molecule has 4 aliphatic carbocycles. The summed E-state index contributed by atoms with van der Waals surface area (Å²) < 4.78 is 35.1. The number of piperazine rings is 1. The lowest BCUT2D eigenvalue weighted by Gasteiger charge is -2.39. The number of ether oxygens (including phenoxy) is 1. The monoisotopic (exact) mass is 563 g/mol. The molecule has 11 heteroatoms. The average molecular weight is 564 g/mol. The number of benzene rings is 1. The predicted octanol–water partition coefficient (Wildman–Crippen LogP) is 3.86. The van der Waals surface area contributed by atoms with E-state index in [0.29, 0.717) is 49.8 Å². The molecule has 41 heavy (non-hydrogen) atoms. The Kier molecular flexibility index (Phi) is 6.02. The summed E-state index contributed by atoms with van der Waals surface area (Å²) in [6, 6.07) is 6.46. The maximum Gasteiger partial charge on any atom is 0.409 e. The highest BCUT2D eigenvalue weighted by Gasteiger charge is 2.56. The molecule has 3 heterocycles. The second kappa shape index (κ2) is 9.53. The van der Waals surface area contributed by atoms with Crippen molar-refractivity contribution in [2.75, 3.05) is 38.2 Å². The van der Waals surface area contributed by atoms with Gasteiger partial charge in [0.1, 0.15) is 23.0 Å². The van der Waals surface area contributed by atoms with Crippen LogP contribution in [0.25, 0.3) is 16.7 Å². The van der Waals surface area contributed by atoms with E-state index >= 15 is 4.39 Å². The summed E-state index contributed by atoms with van der Waals surface area (Å²) in [6.45, 7) is 1.81. The number of rotatable bonds is 4. The Hall–Kier alpha value is -4.02. The van der Waals surface area contributed by atoms with Crippen LogP contribution in [0, 0.1) is 29.4 Å². The first-order chi connectivity index (χ1) is 19.7. The van der Waals surface area contributed by atoms with Crippen LogP contribution >= 0.6 is 0 Å². The van der Waals surface area contributed by atoms with Crippen LogP contribution in [0.5, 0.6) is 0 Å². The number of pyridine rings is 2. The van der Waals surface area contributed by atoms with Gasteiger partial charge < -0.3 is 19.9 Å². The highest BCUT2D eigenvalue weighted by atomic mass is 19.1. The van der Waals surface area contributed by atoms with E-state index in [-0.39, 0.29) is 27.8 Å². The summed E-state index contributed by atoms with van der Waals surface area (Å²) in [7, 11) is 1.34. The fourth-order valence-electron chi connectivity index (χ4n) is 7.91. The van der Waals surface area contributed by atoms with E-state index in [4.69, 9.17) is 9.72 Å². The molecule has 4 bridgehead atoms. The topological polar surface area (TPSA) is 96.8 Å². The fraction of sp³-hybridized carbons (Fsp3) is 0.467. The highest BCUT2D eigenvalue weighted by Crippen LogP contribution is 2.59. The van der Waals surface area contributed by atoms with Gasteiger partial charge in [-0.15, -0.1) is 0 Å². The maximum absolute atomic E-state index is 15.1. The van der Waals surface area contributed by atoms with E-state index in [1.54, 1.807) is 17.0 Å². The van der Waals surface area contributed by atoms with Crippen molar-refractivity contribution in [3.05, 3.63) is 63.9 Å². The number of halogens is 2. The number of hydrogen-bond donors (Lipinski definition) is 1. The smallest absolute Gasteiger partial charge is 0.409 e. The zero-order valence-corrected chi connectivity index (χ0v) is 22.7. The number of carbonyl (C=O) groups is 2. The molecule has 1 aliphatic heterocycles. The van der Waals surface area contributed by atoms with Gasteiger partial charge >= 0.3 is 6.09 Å². The third-order valence-electron chi connectivity index (χ3n) is 9.59. The number of aromatic nitrogens is 2. The summed E-state index contributed by atoms with van der Waals surface area (Å²) in [4.78, 5) is 47.5. The molecule has 8 rings (SSSR count). The summed E-state index contributed by atoms with van der Waals surface area (Å²) in [5.41, 5.74) is -0.751. The minimum absolute atomic E-state index is 0.0244. The second-order valence-electron chi connectivity index (χ2n) is 12.0. The molecule has 2 atom stereocenters. The van der Waals surface area contributed by atoms with Crippen molar-refractivity contribution in [3.63, 3.8) is 0 Å². The molecule has 0 spiro atoms. The van der Waals surface area contributed by atoms with Gasteiger partial charge in [0.15, 0.2) is 5.65 Å². The number of hydrogen-bond acceptors (Lipinski definition) is 6. The molecular formula is C30H31F2N5O4. The first-order valence-electron chi connectivity index (χ1n) is 14.2. The quantitative estimate of drug-likeness (QED) is 0.518. The van der Waals surface area contributed by atoms with Crippen LogP contribution < -0.4 is 15.6 Å². The van der Waals surface area contributed by atoms with Gasteiger partial charge in [-0.05, 0) is 74.1 Å². The number of methoxy groups -OCH3 is 1. The lowest BCUT2D eigenvalue weighted by Crippen LogP contribution is -2.51. The van der Waals surface area contributed by atoms with Crippen LogP contribution in [0.1, 0.15) is 42.5 Å². The van der Waals surface area contributed by atoms with E-state index in [2.05, 4.69) is 5.32 Å².